The van der Waals surface area contributed by atoms with E-state index >= 15 is 0 Å². The second-order valence-electron chi connectivity index (χ2n) is 4.56. The molecule has 0 aromatic carbocycles. The summed E-state index contributed by atoms with van der Waals surface area (Å²) in [5.41, 5.74) is -0.799. The van der Waals surface area contributed by atoms with Gasteiger partial charge < -0.3 is 10.2 Å². The number of nitrogens with one attached hydrogen (secondary N) is 1. The van der Waals surface area contributed by atoms with Crippen LogP contribution in [-0.2, 0) is 6.18 Å². The third-order valence-electron chi connectivity index (χ3n) is 2.77. The first-order chi connectivity index (χ1) is 8.70. The quantitative estimate of drug-likeness (QED) is 0.843. The SMILES string of the molecule is CC(C)N(C)CCNc1cc(C(F)(F)F)cc(Cl)n1. The molecule has 1 N–H and O–H groups in total. The van der Waals surface area contributed by atoms with Crippen molar-refractivity contribution in [3.63, 3.8) is 0 Å². The van der Waals surface area contributed by atoms with Crippen LogP contribution in [0.25, 0.3) is 0 Å². The number of hydrogen-bond donors (Lipinski definition) is 1. The second-order valence-corrected chi connectivity index (χ2v) is 4.95. The van der Waals surface area contributed by atoms with Gasteiger partial charge in [-0.3, -0.25) is 0 Å². The van der Waals surface area contributed by atoms with Gasteiger partial charge >= 0.3 is 6.18 Å². The highest BCUT2D eigenvalue weighted by molar-refractivity contribution is 6.29. The molecule has 0 radical (unpaired) electrons. The molecule has 0 fully saturated rings. The number of anilines is 1. The molecule has 0 unspecified atom stereocenters. The molecule has 1 heterocycles. The summed E-state index contributed by atoms with van der Waals surface area (Å²) in [7, 11) is 1.94. The minimum absolute atomic E-state index is 0.136. The number of pyridine rings is 1. The number of likely N-dealkylation sites (N-methyl/N-ethyl adjacent to an activating group) is 1. The monoisotopic (exact) mass is 295 g/mol. The Morgan fingerprint density at radius 2 is 2.00 bits per heavy atom. The number of alkyl halides is 3. The van der Waals surface area contributed by atoms with E-state index < -0.39 is 11.7 Å². The zero-order chi connectivity index (χ0) is 14.6. The van der Waals surface area contributed by atoms with Gasteiger partial charge in [0.25, 0.3) is 0 Å². The van der Waals surface area contributed by atoms with Crippen LogP contribution in [0.5, 0.6) is 0 Å². The number of nitrogens with zero attached hydrogens (tertiary/aromatic N) is 2. The fourth-order valence-corrected chi connectivity index (χ4v) is 1.58. The van der Waals surface area contributed by atoms with Crippen molar-refractivity contribution in [3.8, 4) is 0 Å². The second kappa shape index (κ2) is 6.43. The maximum absolute atomic E-state index is 12.6. The minimum atomic E-state index is -4.42. The van der Waals surface area contributed by atoms with Gasteiger partial charge in [0.05, 0.1) is 5.56 Å². The van der Waals surface area contributed by atoms with E-state index in [1.54, 1.807) is 0 Å². The summed E-state index contributed by atoms with van der Waals surface area (Å²) < 4.78 is 37.7. The van der Waals surface area contributed by atoms with E-state index in [9.17, 15) is 13.2 Å². The number of aromatic nitrogens is 1. The minimum Gasteiger partial charge on any atom is -0.369 e. The van der Waals surface area contributed by atoms with Gasteiger partial charge in [0.15, 0.2) is 0 Å². The van der Waals surface area contributed by atoms with Gasteiger partial charge in [-0.25, -0.2) is 4.98 Å². The average Bonchev–Trinajstić information content (AvgIpc) is 2.26. The van der Waals surface area contributed by atoms with Crippen molar-refractivity contribution in [1.82, 2.24) is 9.88 Å². The van der Waals surface area contributed by atoms with E-state index in [-0.39, 0.29) is 11.0 Å². The van der Waals surface area contributed by atoms with Crippen molar-refractivity contribution >= 4 is 17.4 Å². The lowest BCUT2D eigenvalue weighted by Crippen LogP contribution is -2.31. The molecule has 1 aromatic rings. The number of halogens is 4. The first kappa shape index (κ1) is 16.0. The molecular weight excluding hydrogens is 279 g/mol. The molecule has 3 nitrogen and oxygen atoms in total. The third-order valence-corrected chi connectivity index (χ3v) is 2.97. The molecule has 0 aliphatic carbocycles. The Hall–Kier alpha value is -1.01. The average molecular weight is 296 g/mol. The highest BCUT2D eigenvalue weighted by Gasteiger charge is 2.31. The van der Waals surface area contributed by atoms with Crippen LogP contribution in [-0.4, -0.2) is 36.1 Å². The van der Waals surface area contributed by atoms with Crippen molar-refractivity contribution in [2.24, 2.45) is 0 Å². The smallest absolute Gasteiger partial charge is 0.369 e. The lowest BCUT2D eigenvalue weighted by Gasteiger charge is -2.21. The molecule has 0 saturated heterocycles. The third kappa shape index (κ3) is 5.24. The van der Waals surface area contributed by atoms with E-state index in [1.807, 2.05) is 20.9 Å². The Kier molecular flexibility index (Phi) is 5.43. The molecule has 0 saturated carbocycles. The van der Waals surface area contributed by atoms with E-state index in [4.69, 9.17) is 11.6 Å². The van der Waals surface area contributed by atoms with Crippen molar-refractivity contribution in [3.05, 3.63) is 22.8 Å². The van der Waals surface area contributed by atoms with Crippen molar-refractivity contribution in [1.29, 1.82) is 0 Å². The van der Waals surface area contributed by atoms with Crippen LogP contribution in [0, 0.1) is 0 Å². The molecule has 1 rings (SSSR count). The highest BCUT2D eigenvalue weighted by Crippen LogP contribution is 2.31. The van der Waals surface area contributed by atoms with Crippen LogP contribution in [0.4, 0.5) is 19.0 Å². The van der Waals surface area contributed by atoms with Crippen LogP contribution in [0.15, 0.2) is 12.1 Å². The normalized spacial score (nSPS) is 12.3. The molecule has 0 spiro atoms. The number of rotatable bonds is 5. The molecule has 0 aliphatic heterocycles. The molecule has 108 valence electrons. The maximum Gasteiger partial charge on any atom is 0.416 e. The van der Waals surface area contributed by atoms with Crippen LogP contribution < -0.4 is 5.32 Å². The van der Waals surface area contributed by atoms with E-state index in [2.05, 4.69) is 15.2 Å². The fraction of sp³-hybridized carbons (Fsp3) is 0.583. The Morgan fingerprint density at radius 1 is 1.37 bits per heavy atom. The standard InChI is InChI=1S/C12H17ClF3N3/c1-8(2)19(3)5-4-17-11-7-9(12(14,15)16)6-10(13)18-11/h6-8H,4-5H2,1-3H3,(H,17,18). The zero-order valence-electron chi connectivity index (χ0n) is 11.1. The lowest BCUT2D eigenvalue weighted by atomic mass is 10.2. The van der Waals surface area contributed by atoms with Crippen LogP contribution in [0.1, 0.15) is 19.4 Å². The molecule has 1 aromatic heterocycles. The van der Waals surface area contributed by atoms with Gasteiger partial charge in [-0.1, -0.05) is 11.6 Å². The van der Waals surface area contributed by atoms with Crippen LogP contribution in [0.3, 0.4) is 0 Å². The topological polar surface area (TPSA) is 28.2 Å². The first-order valence-corrected chi connectivity index (χ1v) is 6.27. The Balaban J connectivity index is 2.67. The summed E-state index contributed by atoms with van der Waals surface area (Å²) in [6.45, 7) is 5.28. The summed E-state index contributed by atoms with van der Waals surface area (Å²) in [6, 6.07) is 2.15. The van der Waals surface area contributed by atoms with Gasteiger partial charge in [0.2, 0.25) is 0 Å². The molecule has 7 heteroatoms. The fourth-order valence-electron chi connectivity index (χ4n) is 1.37. The van der Waals surface area contributed by atoms with Gasteiger partial charge in [-0.2, -0.15) is 13.2 Å². The molecule has 0 aliphatic rings. The largest absolute Gasteiger partial charge is 0.416 e. The van der Waals surface area contributed by atoms with Crippen LogP contribution in [0.2, 0.25) is 5.15 Å². The first-order valence-electron chi connectivity index (χ1n) is 5.89. The zero-order valence-corrected chi connectivity index (χ0v) is 11.8. The summed E-state index contributed by atoms with van der Waals surface area (Å²) in [5, 5.41) is 2.67. The number of hydrogen-bond acceptors (Lipinski definition) is 3. The molecule has 19 heavy (non-hydrogen) atoms. The molecule has 0 amide bonds. The van der Waals surface area contributed by atoms with E-state index in [1.165, 1.54) is 0 Å². The van der Waals surface area contributed by atoms with E-state index in [0.717, 1.165) is 12.1 Å². The predicted molar refractivity (Wildman–Crippen MR) is 70.5 cm³/mol. The molecule has 0 bridgehead atoms. The lowest BCUT2D eigenvalue weighted by molar-refractivity contribution is -0.137. The van der Waals surface area contributed by atoms with Gasteiger partial charge in [-0.15, -0.1) is 0 Å². The Morgan fingerprint density at radius 3 is 2.53 bits per heavy atom. The molecular formula is C12H17ClF3N3. The maximum atomic E-state index is 12.6. The van der Waals surface area contributed by atoms with E-state index in [0.29, 0.717) is 19.1 Å². The van der Waals surface area contributed by atoms with Crippen LogP contribution >= 0.6 is 11.6 Å². The summed E-state index contributed by atoms with van der Waals surface area (Å²) >= 11 is 5.59. The summed E-state index contributed by atoms with van der Waals surface area (Å²) in [6.07, 6.45) is -4.42. The summed E-state index contributed by atoms with van der Waals surface area (Å²) in [4.78, 5) is 5.90. The Bertz CT molecular complexity index is 421. The van der Waals surface area contributed by atoms with Crippen molar-refractivity contribution in [2.75, 3.05) is 25.5 Å². The molecule has 0 atom stereocenters. The Labute approximate surface area is 115 Å². The highest BCUT2D eigenvalue weighted by atomic mass is 35.5. The van der Waals surface area contributed by atoms with Gasteiger partial charge in [-0.05, 0) is 33.0 Å². The predicted octanol–water partition coefficient (Wildman–Crippen LogP) is 3.51. The summed E-state index contributed by atoms with van der Waals surface area (Å²) in [5.74, 6) is 0.136. The van der Waals surface area contributed by atoms with Gasteiger partial charge in [0, 0.05) is 19.1 Å². The van der Waals surface area contributed by atoms with Crippen molar-refractivity contribution in [2.45, 2.75) is 26.1 Å². The van der Waals surface area contributed by atoms with Gasteiger partial charge in [0.1, 0.15) is 11.0 Å². The van der Waals surface area contributed by atoms with Crippen molar-refractivity contribution < 1.29 is 13.2 Å².